The lowest BCUT2D eigenvalue weighted by Gasteiger charge is -2.07. The van der Waals surface area contributed by atoms with Gasteiger partial charge >= 0.3 is 0 Å². The SMILES string of the molecule is Nc1cc(N)cc(C(=O)NCCc2cc(F)cc(F)c2)c1. The molecule has 0 heterocycles. The summed E-state index contributed by atoms with van der Waals surface area (Å²) in [6, 6.07) is 7.83. The average Bonchev–Trinajstić information content (AvgIpc) is 2.36. The van der Waals surface area contributed by atoms with E-state index in [0.717, 1.165) is 6.07 Å². The average molecular weight is 291 g/mol. The van der Waals surface area contributed by atoms with Crippen molar-refractivity contribution in [3.63, 3.8) is 0 Å². The summed E-state index contributed by atoms with van der Waals surface area (Å²) in [4.78, 5) is 11.9. The topological polar surface area (TPSA) is 81.1 Å². The van der Waals surface area contributed by atoms with E-state index in [-0.39, 0.29) is 12.5 Å². The molecule has 0 unspecified atom stereocenters. The summed E-state index contributed by atoms with van der Waals surface area (Å²) in [5.74, 6) is -1.62. The highest BCUT2D eigenvalue weighted by molar-refractivity contribution is 5.96. The fraction of sp³-hybridized carbons (Fsp3) is 0.133. The van der Waals surface area contributed by atoms with Crippen LogP contribution in [-0.4, -0.2) is 12.5 Å². The Morgan fingerprint density at radius 2 is 1.52 bits per heavy atom. The van der Waals surface area contributed by atoms with Crippen LogP contribution < -0.4 is 16.8 Å². The molecule has 0 saturated heterocycles. The van der Waals surface area contributed by atoms with Crippen LogP contribution in [0.4, 0.5) is 20.2 Å². The number of rotatable bonds is 4. The molecule has 5 N–H and O–H groups in total. The van der Waals surface area contributed by atoms with Gasteiger partial charge in [-0.3, -0.25) is 4.79 Å². The lowest BCUT2D eigenvalue weighted by atomic mass is 10.1. The van der Waals surface area contributed by atoms with Crippen LogP contribution in [0.1, 0.15) is 15.9 Å². The van der Waals surface area contributed by atoms with E-state index >= 15 is 0 Å². The molecular weight excluding hydrogens is 276 g/mol. The Hall–Kier alpha value is -2.63. The normalized spacial score (nSPS) is 10.4. The van der Waals surface area contributed by atoms with E-state index in [1.54, 1.807) is 6.07 Å². The first-order chi connectivity index (χ1) is 9.94. The molecule has 1 amide bonds. The van der Waals surface area contributed by atoms with Crippen LogP contribution in [0.15, 0.2) is 36.4 Å². The number of hydrogen-bond donors (Lipinski definition) is 3. The van der Waals surface area contributed by atoms with Crippen LogP contribution in [0.5, 0.6) is 0 Å². The van der Waals surface area contributed by atoms with Crippen molar-refractivity contribution < 1.29 is 13.6 Å². The lowest BCUT2D eigenvalue weighted by Crippen LogP contribution is -2.26. The second-order valence-electron chi connectivity index (χ2n) is 4.67. The molecule has 0 atom stereocenters. The molecule has 0 aliphatic carbocycles. The fourth-order valence-electron chi connectivity index (χ4n) is 1.99. The van der Waals surface area contributed by atoms with Crippen molar-refractivity contribution in [1.29, 1.82) is 0 Å². The summed E-state index contributed by atoms with van der Waals surface area (Å²) in [5, 5.41) is 2.65. The molecule has 2 rings (SSSR count). The minimum absolute atomic E-state index is 0.246. The first kappa shape index (κ1) is 14.8. The molecule has 0 aliphatic rings. The summed E-state index contributed by atoms with van der Waals surface area (Å²) < 4.78 is 26.0. The van der Waals surface area contributed by atoms with Gasteiger partial charge in [0.2, 0.25) is 0 Å². The third kappa shape index (κ3) is 4.17. The van der Waals surface area contributed by atoms with E-state index in [9.17, 15) is 13.6 Å². The minimum atomic E-state index is -0.639. The molecule has 0 radical (unpaired) electrons. The molecule has 110 valence electrons. The molecule has 21 heavy (non-hydrogen) atoms. The Balaban J connectivity index is 1.95. The zero-order valence-corrected chi connectivity index (χ0v) is 11.2. The number of nitrogens with two attached hydrogens (primary N) is 2. The maximum absolute atomic E-state index is 13.0. The van der Waals surface area contributed by atoms with Gasteiger partial charge in [0, 0.05) is 29.5 Å². The van der Waals surface area contributed by atoms with Gasteiger partial charge in [-0.1, -0.05) is 0 Å². The monoisotopic (exact) mass is 291 g/mol. The van der Waals surface area contributed by atoms with Crippen LogP contribution >= 0.6 is 0 Å². The molecule has 2 aromatic carbocycles. The second-order valence-corrected chi connectivity index (χ2v) is 4.67. The summed E-state index contributed by atoms with van der Waals surface area (Å²) in [6.07, 6.45) is 0.318. The maximum Gasteiger partial charge on any atom is 0.251 e. The number of anilines is 2. The maximum atomic E-state index is 13.0. The van der Waals surface area contributed by atoms with Crippen LogP contribution in [-0.2, 0) is 6.42 Å². The van der Waals surface area contributed by atoms with Gasteiger partial charge in [0.25, 0.3) is 5.91 Å². The number of carbonyl (C=O) groups excluding carboxylic acids is 1. The Bertz CT molecular complexity index is 633. The van der Waals surface area contributed by atoms with Gasteiger partial charge in [-0.15, -0.1) is 0 Å². The van der Waals surface area contributed by atoms with E-state index in [0.29, 0.717) is 28.9 Å². The quantitative estimate of drug-likeness (QED) is 0.755. The Morgan fingerprint density at radius 1 is 0.952 bits per heavy atom. The fourth-order valence-corrected chi connectivity index (χ4v) is 1.99. The van der Waals surface area contributed by atoms with Crippen molar-refractivity contribution in [2.45, 2.75) is 6.42 Å². The first-order valence-electron chi connectivity index (χ1n) is 6.33. The Labute approximate surface area is 120 Å². The third-order valence-corrected chi connectivity index (χ3v) is 2.86. The number of nitrogen functional groups attached to an aromatic ring is 2. The van der Waals surface area contributed by atoms with Gasteiger partial charge in [0.1, 0.15) is 11.6 Å². The first-order valence-corrected chi connectivity index (χ1v) is 6.33. The van der Waals surface area contributed by atoms with Crippen molar-refractivity contribution in [3.05, 3.63) is 59.2 Å². The molecule has 0 bridgehead atoms. The highest BCUT2D eigenvalue weighted by Crippen LogP contribution is 2.13. The van der Waals surface area contributed by atoms with Crippen molar-refractivity contribution in [3.8, 4) is 0 Å². The number of carbonyl (C=O) groups is 1. The standard InChI is InChI=1S/C15H15F2N3O/c16-11-3-9(4-12(17)7-11)1-2-20-15(21)10-5-13(18)8-14(19)6-10/h3-8H,1-2,18-19H2,(H,20,21). The van der Waals surface area contributed by atoms with E-state index in [1.807, 2.05) is 0 Å². The molecule has 4 nitrogen and oxygen atoms in total. The highest BCUT2D eigenvalue weighted by Gasteiger charge is 2.07. The van der Waals surface area contributed by atoms with Crippen molar-refractivity contribution in [2.24, 2.45) is 0 Å². The Morgan fingerprint density at radius 3 is 2.10 bits per heavy atom. The second kappa shape index (κ2) is 6.21. The summed E-state index contributed by atoms with van der Waals surface area (Å²) in [6.45, 7) is 0.246. The van der Waals surface area contributed by atoms with Gasteiger partial charge in [-0.25, -0.2) is 8.78 Å². The number of benzene rings is 2. The predicted molar refractivity (Wildman–Crippen MR) is 77.7 cm³/mol. The van der Waals surface area contributed by atoms with Crippen LogP contribution in [0.3, 0.4) is 0 Å². The lowest BCUT2D eigenvalue weighted by molar-refractivity contribution is 0.0954. The number of halogens is 2. The Kier molecular flexibility index (Phi) is 4.37. The molecule has 0 aromatic heterocycles. The van der Waals surface area contributed by atoms with Crippen LogP contribution in [0.2, 0.25) is 0 Å². The van der Waals surface area contributed by atoms with Gasteiger partial charge in [-0.2, -0.15) is 0 Å². The largest absolute Gasteiger partial charge is 0.399 e. The number of hydrogen-bond acceptors (Lipinski definition) is 3. The summed E-state index contributed by atoms with van der Waals surface area (Å²) >= 11 is 0. The molecular formula is C15H15F2N3O. The summed E-state index contributed by atoms with van der Waals surface area (Å²) in [5.41, 5.74) is 12.8. The van der Waals surface area contributed by atoms with E-state index in [1.165, 1.54) is 24.3 Å². The van der Waals surface area contributed by atoms with E-state index < -0.39 is 11.6 Å². The predicted octanol–water partition coefficient (Wildman–Crippen LogP) is 2.10. The summed E-state index contributed by atoms with van der Waals surface area (Å²) in [7, 11) is 0. The smallest absolute Gasteiger partial charge is 0.251 e. The van der Waals surface area contributed by atoms with Gasteiger partial charge in [0.15, 0.2) is 0 Å². The zero-order valence-electron chi connectivity index (χ0n) is 11.2. The third-order valence-electron chi connectivity index (χ3n) is 2.86. The zero-order chi connectivity index (χ0) is 15.4. The van der Waals surface area contributed by atoms with E-state index in [2.05, 4.69) is 5.32 Å². The molecule has 0 aliphatic heterocycles. The van der Waals surface area contributed by atoms with Gasteiger partial charge < -0.3 is 16.8 Å². The van der Waals surface area contributed by atoms with Crippen molar-refractivity contribution in [1.82, 2.24) is 5.32 Å². The molecule has 0 saturated carbocycles. The minimum Gasteiger partial charge on any atom is -0.399 e. The van der Waals surface area contributed by atoms with E-state index in [4.69, 9.17) is 11.5 Å². The van der Waals surface area contributed by atoms with Gasteiger partial charge in [-0.05, 0) is 42.3 Å². The highest BCUT2D eigenvalue weighted by atomic mass is 19.1. The van der Waals surface area contributed by atoms with Crippen molar-refractivity contribution in [2.75, 3.05) is 18.0 Å². The van der Waals surface area contributed by atoms with Gasteiger partial charge in [0.05, 0.1) is 0 Å². The van der Waals surface area contributed by atoms with Crippen molar-refractivity contribution >= 4 is 17.3 Å². The molecule has 0 fully saturated rings. The van der Waals surface area contributed by atoms with Crippen LogP contribution in [0.25, 0.3) is 0 Å². The van der Waals surface area contributed by atoms with Crippen LogP contribution in [0, 0.1) is 11.6 Å². The molecule has 2 aromatic rings. The number of amides is 1. The molecule has 0 spiro atoms. The molecule has 6 heteroatoms. The number of nitrogens with one attached hydrogen (secondary N) is 1.